The first kappa shape index (κ1) is 19.4. The minimum Gasteiger partial charge on any atom is -0.480 e. The van der Waals surface area contributed by atoms with Gasteiger partial charge in [0.1, 0.15) is 23.1 Å². The third kappa shape index (κ3) is 4.38. The number of nitrogens with zero attached hydrogens (tertiary/aromatic N) is 3. The monoisotopic (exact) mass is 369 g/mol. The number of carbonyl (C=O) groups excluding carboxylic acids is 1. The van der Waals surface area contributed by atoms with Gasteiger partial charge < -0.3 is 14.7 Å². The summed E-state index contributed by atoms with van der Waals surface area (Å²) in [4.78, 5) is 36.9. The van der Waals surface area contributed by atoms with Gasteiger partial charge in [0, 0.05) is 19.6 Å². The predicted molar refractivity (Wildman–Crippen MR) is 89.6 cm³/mol. The molecule has 10 heteroatoms. The number of piperazine rings is 1. The Labute approximate surface area is 149 Å². The SMILES string of the molecule is CC(C)(C)OC(=O)N1CCN(c2ccc(F)cc2[N+](=O)[O-])CC1C(=O)O. The molecule has 0 bridgehead atoms. The van der Waals surface area contributed by atoms with Gasteiger partial charge in [-0.2, -0.15) is 0 Å². The van der Waals surface area contributed by atoms with E-state index in [-0.39, 0.29) is 25.3 Å². The van der Waals surface area contributed by atoms with Gasteiger partial charge in [-0.1, -0.05) is 0 Å². The summed E-state index contributed by atoms with van der Waals surface area (Å²) in [5, 5.41) is 20.6. The average Bonchev–Trinajstić information content (AvgIpc) is 2.52. The van der Waals surface area contributed by atoms with Gasteiger partial charge in [0.2, 0.25) is 0 Å². The zero-order valence-corrected chi connectivity index (χ0v) is 14.6. The van der Waals surface area contributed by atoms with E-state index in [2.05, 4.69) is 0 Å². The minimum absolute atomic E-state index is 0.000407. The molecule has 1 N–H and O–H groups in total. The zero-order valence-electron chi connectivity index (χ0n) is 14.6. The second-order valence-electron chi connectivity index (χ2n) is 6.86. The molecule has 9 nitrogen and oxygen atoms in total. The van der Waals surface area contributed by atoms with E-state index in [4.69, 9.17) is 4.74 Å². The zero-order chi connectivity index (χ0) is 19.6. The van der Waals surface area contributed by atoms with Crippen LogP contribution in [0.3, 0.4) is 0 Å². The maximum absolute atomic E-state index is 13.3. The Hall–Kier alpha value is -2.91. The van der Waals surface area contributed by atoms with E-state index in [1.165, 1.54) is 11.0 Å². The molecule has 1 atom stereocenters. The Morgan fingerprint density at radius 2 is 2.00 bits per heavy atom. The number of ether oxygens (including phenoxy) is 1. The molecule has 1 aromatic carbocycles. The van der Waals surface area contributed by atoms with Crippen LogP contribution in [0.1, 0.15) is 20.8 Å². The lowest BCUT2D eigenvalue weighted by Crippen LogP contribution is -2.59. The van der Waals surface area contributed by atoms with Crippen molar-refractivity contribution in [2.24, 2.45) is 0 Å². The molecular formula is C16H20FN3O6. The highest BCUT2D eigenvalue weighted by Gasteiger charge is 2.39. The number of anilines is 1. The maximum atomic E-state index is 13.3. The van der Waals surface area contributed by atoms with Gasteiger partial charge in [-0.15, -0.1) is 0 Å². The molecule has 1 unspecified atom stereocenters. The Balaban J connectivity index is 2.27. The molecule has 0 aromatic heterocycles. The van der Waals surface area contributed by atoms with E-state index in [1.54, 1.807) is 20.8 Å². The number of carboxylic acid groups (broad SMARTS) is 1. The van der Waals surface area contributed by atoms with Gasteiger partial charge in [-0.25, -0.2) is 14.0 Å². The number of benzene rings is 1. The van der Waals surface area contributed by atoms with Gasteiger partial charge in [0.15, 0.2) is 0 Å². The Kier molecular flexibility index (Phi) is 5.33. The van der Waals surface area contributed by atoms with Gasteiger partial charge in [0.25, 0.3) is 5.69 Å². The number of halogens is 1. The number of rotatable bonds is 3. The molecule has 1 heterocycles. The summed E-state index contributed by atoms with van der Waals surface area (Å²) >= 11 is 0. The normalized spacial score (nSPS) is 17.8. The summed E-state index contributed by atoms with van der Waals surface area (Å²) in [6, 6.07) is 1.84. The van der Waals surface area contributed by atoms with E-state index in [0.29, 0.717) is 0 Å². The first-order valence-electron chi connectivity index (χ1n) is 7.91. The van der Waals surface area contributed by atoms with E-state index < -0.39 is 40.1 Å². The number of amides is 1. The molecule has 2 rings (SSSR count). The number of nitro groups is 1. The van der Waals surface area contributed by atoms with Crippen LogP contribution in [-0.4, -0.2) is 58.3 Å². The minimum atomic E-state index is -1.26. The van der Waals surface area contributed by atoms with E-state index in [1.807, 2.05) is 0 Å². The summed E-state index contributed by atoms with van der Waals surface area (Å²) < 4.78 is 18.5. The van der Waals surface area contributed by atoms with Crippen molar-refractivity contribution in [2.75, 3.05) is 24.5 Å². The predicted octanol–water partition coefficient (Wildman–Crippen LogP) is 2.24. The number of nitro benzene ring substituents is 1. The Morgan fingerprint density at radius 3 is 2.54 bits per heavy atom. The Bertz CT molecular complexity index is 733. The number of carboxylic acids is 1. The number of hydrogen-bond acceptors (Lipinski definition) is 6. The molecule has 142 valence electrons. The summed E-state index contributed by atoms with van der Waals surface area (Å²) in [5.41, 5.74) is -1.14. The van der Waals surface area contributed by atoms with Crippen LogP contribution in [0.5, 0.6) is 0 Å². The van der Waals surface area contributed by atoms with Crippen LogP contribution in [0.2, 0.25) is 0 Å². The molecule has 26 heavy (non-hydrogen) atoms. The number of hydrogen-bond donors (Lipinski definition) is 1. The number of carbonyl (C=O) groups is 2. The highest BCUT2D eigenvalue weighted by Crippen LogP contribution is 2.31. The molecule has 1 aliphatic heterocycles. The summed E-state index contributed by atoms with van der Waals surface area (Å²) in [6.07, 6.45) is -0.766. The van der Waals surface area contributed by atoms with Crippen molar-refractivity contribution in [1.29, 1.82) is 0 Å². The van der Waals surface area contributed by atoms with E-state index in [0.717, 1.165) is 17.0 Å². The third-order valence-electron chi connectivity index (χ3n) is 3.77. The number of aliphatic carboxylic acids is 1. The lowest BCUT2D eigenvalue weighted by Gasteiger charge is -2.40. The fourth-order valence-corrected chi connectivity index (χ4v) is 2.66. The van der Waals surface area contributed by atoms with Gasteiger partial charge in [-0.3, -0.25) is 15.0 Å². The smallest absolute Gasteiger partial charge is 0.411 e. The fourth-order valence-electron chi connectivity index (χ4n) is 2.66. The van der Waals surface area contributed by atoms with Crippen LogP contribution in [0.25, 0.3) is 0 Å². The average molecular weight is 369 g/mol. The molecule has 1 amide bonds. The second kappa shape index (κ2) is 7.14. The quantitative estimate of drug-likeness (QED) is 0.642. The summed E-state index contributed by atoms with van der Waals surface area (Å²) in [6.45, 7) is 4.97. The lowest BCUT2D eigenvalue weighted by atomic mass is 10.1. The lowest BCUT2D eigenvalue weighted by molar-refractivity contribution is -0.384. The van der Waals surface area contributed by atoms with Crippen LogP contribution < -0.4 is 4.90 Å². The highest BCUT2D eigenvalue weighted by atomic mass is 19.1. The first-order chi connectivity index (χ1) is 12.0. The van der Waals surface area contributed by atoms with E-state index >= 15 is 0 Å². The fraction of sp³-hybridized carbons (Fsp3) is 0.500. The molecule has 1 saturated heterocycles. The third-order valence-corrected chi connectivity index (χ3v) is 3.77. The standard InChI is InChI=1S/C16H20FN3O6/c1-16(2,3)26-15(23)19-7-6-18(9-13(19)14(21)22)11-5-4-10(17)8-12(11)20(24)25/h4-5,8,13H,6-7,9H2,1-3H3,(H,21,22). The maximum Gasteiger partial charge on any atom is 0.411 e. The van der Waals surface area contributed by atoms with Crippen LogP contribution in [0.15, 0.2) is 18.2 Å². The van der Waals surface area contributed by atoms with Gasteiger partial charge in [0.05, 0.1) is 11.0 Å². The van der Waals surface area contributed by atoms with Crippen molar-refractivity contribution in [1.82, 2.24) is 4.90 Å². The van der Waals surface area contributed by atoms with Crippen LogP contribution in [0.4, 0.5) is 20.6 Å². The summed E-state index contributed by atoms with van der Waals surface area (Å²) in [5.74, 6) is -2.02. The molecule has 1 fully saturated rings. The van der Waals surface area contributed by atoms with Crippen LogP contribution in [0, 0.1) is 15.9 Å². The van der Waals surface area contributed by atoms with Gasteiger partial charge in [-0.05, 0) is 32.9 Å². The van der Waals surface area contributed by atoms with Crippen molar-refractivity contribution < 1.29 is 28.7 Å². The van der Waals surface area contributed by atoms with Gasteiger partial charge >= 0.3 is 12.1 Å². The van der Waals surface area contributed by atoms with Crippen LogP contribution in [-0.2, 0) is 9.53 Å². The van der Waals surface area contributed by atoms with Crippen molar-refractivity contribution in [3.05, 3.63) is 34.1 Å². The molecule has 0 aliphatic carbocycles. The van der Waals surface area contributed by atoms with E-state index in [9.17, 15) is 29.2 Å². The first-order valence-corrected chi connectivity index (χ1v) is 7.91. The topological polar surface area (TPSA) is 113 Å². The Morgan fingerprint density at radius 1 is 1.35 bits per heavy atom. The van der Waals surface area contributed by atoms with Crippen LogP contribution >= 0.6 is 0 Å². The molecule has 1 aromatic rings. The molecule has 0 spiro atoms. The van der Waals surface area contributed by atoms with Crippen molar-refractivity contribution in [3.8, 4) is 0 Å². The summed E-state index contributed by atoms with van der Waals surface area (Å²) in [7, 11) is 0. The van der Waals surface area contributed by atoms with Crippen molar-refractivity contribution in [2.45, 2.75) is 32.4 Å². The second-order valence-corrected chi connectivity index (χ2v) is 6.86. The molecule has 0 saturated carbocycles. The van der Waals surface area contributed by atoms with Crippen molar-refractivity contribution >= 4 is 23.4 Å². The highest BCUT2D eigenvalue weighted by molar-refractivity contribution is 5.82. The largest absolute Gasteiger partial charge is 0.480 e. The van der Waals surface area contributed by atoms with Crippen molar-refractivity contribution in [3.63, 3.8) is 0 Å². The molecule has 0 radical (unpaired) electrons. The molecule has 1 aliphatic rings. The molecular weight excluding hydrogens is 349 g/mol.